The Morgan fingerprint density at radius 2 is 1.32 bits per heavy atom. The van der Waals surface area contributed by atoms with Crippen LogP contribution in [-0.4, -0.2) is 0 Å². The van der Waals surface area contributed by atoms with Crippen molar-refractivity contribution in [3.63, 3.8) is 0 Å². The summed E-state index contributed by atoms with van der Waals surface area (Å²) in [6, 6.07) is 15.4. The van der Waals surface area contributed by atoms with Crippen molar-refractivity contribution in [2.75, 3.05) is 0 Å². The third-order valence-electron chi connectivity index (χ3n) is 7.63. The van der Waals surface area contributed by atoms with E-state index in [1.807, 2.05) is 48.5 Å². The molecule has 1 aromatic heterocycles. The summed E-state index contributed by atoms with van der Waals surface area (Å²) in [6.07, 6.45) is 23.5. The lowest BCUT2D eigenvalue weighted by Crippen LogP contribution is -2.23. The van der Waals surface area contributed by atoms with Crippen molar-refractivity contribution in [2.45, 2.75) is 109 Å². The number of benzene rings is 2. The van der Waals surface area contributed by atoms with E-state index in [2.05, 4.69) is 19.1 Å². The molecule has 0 fully saturated rings. The molecule has 0 radical (unpaired) electrons. The minimum absolute atomic E-state index is 0.0463. The molecule has 0 bridgehead atoms. The summed E-state index contributed by atoms with van der Waals surface area (Å²) in [4.78, 5) is 13.4. The number of ether oxygens (including phenoxy) is 1. The monoisotopic (exact) mass is 500 g/mol. The minimum atomic E-state index is -0.242. The van der Waals surface area contributed by atoms with Crippen molar-refractivity contribution in [1.82, 2.24) is 0 Å². The SMILES string of the molecule is CC=CCCCCCCCCCCCCCCCC1Oc2ccccc2-c2oc3ccccc3c(=O)c21. The first-order chi connectivity index (χ1) is 18.3. The fourth-order valence-electron chi connectivity index (χ4n) is 5.52. The second kappa shape index (κ2) is 14.8. The van der Waals surface area contributed by atoms with Crippen LogP contribution >= 0.6 is 0 Å². The van der Waals surface area contributed by atoms with E-state index in [9.17, 15) is 4.79 Å². The molecule has 0 saturated carbocycles. The van der Waals surface area contributed by atoms with Crippen LogP contribution in [0.5, 0.6) is 5.75 Å². The van der Waals surface area contributed by atoms with E-state index in [4.69, 9.17) is 9.15 Å². The molecule has 198 valence electrons. The van der Waals surface area contributed by atoms with E-state index < -0.39 is 0 Å². The summed E-state index contributed by atoms with van der Waals surface area (Å²) >= 11 is 0. The van der Waals surface area contributed by atoms with E-state index in [-0.39, 0.29) is 11.5 Å². The third kappa shape index (κ3) is 7.60. The third-order valence-corrected chi connectivity index (χ3v) is 7.63. The molecule has 3 aromatic rings. The predicted molar refractivity (Wildman–Crippen MR) is 155 cm³/mol. The highest BCUT2D eigenvalue weighted by Crippen LogP contribution is 2.43. The van der Waals surface area contributed by atoms with E-state index in [0.717, 1.165) is 24.2 Å². The fourth-order valence-corrected chi connectivity index (χ4v) is 5.52. The number of hydrogen-bond acceptors (Lipinski definition) is 3. The lowest BCUT2D eigenvalue weighted by atomic mass is 9.93. The van der Waals surface area contributed by atoms with Crippen LogP contribution < -0.4 is 10.2 Å². The second-order valence-corrected chi connectivity index (χ2v) is 10.5. The highest BCUT2D eigenvalue weighted by atomic mass is 16.5. The van der Waals surface area contributed by atoms with Gasteiger partial charge >= 0.3 is 0 Å². The number of unbranched alkanes of at least 4 members (excludes halogenated alkanes) is 13. The summed E-state index contributed by atoms with van der Waals surface area (Å²) < 4.78 is 12.6. The van der Waals surface area contributed by atoms with Gasteiger partial charge < -0.3 is 9.15 Å². The number of fused-ring (bicyclic) bond motifs is 4. The Kier molecular flexibility index (Phi) is 10.9. The van der Waals surface area contributed by atoms with E-state index >= 15 is 0 Å². The van der Waals surface area contributed by atoms with E-state index in [1.54, 1.807) is 0 Å². The molecule has 2 heterocycles. The maximum atomic E-state index is 13.4. The molecule has 1 atom stereocenters. The zero-order valence-corrected chi connectivity index (χ0v) is 22.7. The highest BCUT2D eigenvalue weighted by molar-refractivity contribution is 5.82. The second-order valence-electron chi connectivity index (χ2n) is 10.5. The van der Waals surface area contributed by atoms with Gasteiger partial charge in [-0.25, -0.2) is 0 Å². The Hall–Kier alpha value is -2.81. The Morgan fingerprint density at radius 1 is 0.730 bits per heavy atom. The van der Waals surface area contributed by atoms with Crippen molar-refractivity contribution in [3.8, 4) is 17.1 Å². The maximum absolute atomic E-state index is 13.4. The molecule has 2 aromatic carbocycles. The van der Waals surface area contributed by atoms with Crippen LogP contribution in [0.1, 0.15) is 115 Å². The van der Waals surface area contributed by atoms with Crippen LogP contribution in [-0.2, 0) is 0 Å². The Balaban J connectivity index is 1.16. The molecule has 1 aliphatic heterocycles. The smallest absolute Gasteiger partial charge is 0.200 e. The van der Waals surface area contributed by atoms with Gasteiger partial charge in [0.05, 0.1) is 16.5 Å². The molecule has 37 heavy (non-hydrogen) atoms. The number of rotatable bonds is 16. The Labute approximate surface area is 222 Å². The standard InChI is InChI=1S/C34H44O3/c1-2-3-4-5-6-7-8-9-10-11-12-13-14-15-16-17-26-31-32-33(35)27-22-18-20-24-29(27)37-34(32)28-23-19-21-25-30(28)36-31/h2-3,18-25,31H,4-17,26H2,1H3. The molecule has 0 saturated heterocycles. The van der Waals surface area contributed by atoms with Crippen molar-refractivity contribution in [2.24, 2.45) is 0 Å². The van der Waals surface area contributed by atoms with Gasteiger partial charge in [0, 0.05) is 0 Å². The average Bonchev–Trinajstić information content (AvgIpc) is 2.93. The number of para-hydroxylation sites is 2. The normalized spacial score (nSPS) is 14.6. The Bertz CT molecular complexity index is 1190. The molecule has 1 aliphatic rings. The maximum Gasteiger partial charge on any atom is 0.200 e. The predicted octanol–water partition coefficient (Wildman–Crippen LogP) is 10.3. The van der Waals surface area contributed by atoms with Crippen LogP contribution in [0.15, 0.2) is 69.9 Å². The van der Waals surface area contributed by atoms with Crippen molar-refractivity contribution >= 4 is 11.0 Å². The van der Waals surface area contributed by atoms with Crippen LogP contribution in [0.4, 0.5) is 0 Å². The molecule has 3 nitrogen and oxygen atoms in total. The molecule has 0 spiro atoms. The molecule has 0 amide bonds. The highest BCUT2D eigenvalue weighted by Gasteiger charge is 2.31. The summed E-state index contributed by atoms with van der Waals surface area (Å²) in [5.74, 6) is 1.50. The first kappa shape index (κ1) is 27.2. The van der Waals surface area contributed by atoms with Crippen LogP contribution in [0, 0.1) is 0 Å². The van der Waals surface area contributed by atoms with Gasteiger partial charge in [0.1, 0.15) is 23.2 Å². The lowest BCUT2D eigenvalue weighted by Gasteiger charge is -2.27. The molecule has 1 unspecified atom stereocenters. The summed E-state index contributed by atoms with van der Waals surface area (Å²) in [6.45, 7) is 2.10. The van der Waals surface area contributed by atoms with E-state index in [1.165, 1.54) is 83.5 Å². The van der Waals surface area contributed by atoms with Gasteiger partial charge in [-0.1, -0.05) is 107 Å². The van der Waals surface area contributed by atoms with Gasteiger partial charge in [-0.15, -0.1) is 0 Å². The van der Waals surface area contributed by atoms with Crippen LogP contribution in [0.3, 0.4) is 0 Å². The van der Waals surface area contributed by atoms with Crippen LogP contribution in [0.2, 0.25) is 0 Å². The average molecular weight is 501 g/mol. The molecule has 0 N–H and O–H groups in total. The summed E-state index contributed by atoms with van der Waals surface area (Å²) in [5.41, 5.74) is 2.25. The largest absolute Gasteiger partial charge is 0.485 e. The first-order valence-corrected chi connectivity index (χ1v) is 14.7. The molecular weight excluding hydrogens is 456 g/mol. The zero-order chi connectivity index (χ0) is 25.7. The van der Waals surface area contributed by atoms with Gasteiger partial charge in [0.2, 0.25) is 0 Å². The van der Waals surface area contributed by atoms with Crippen molar-refractivity contribution < 1.29 is 9.15 Å². The van der Waals surface area contributed by atoms with Gasteiger partial charge in [0.25, 0.3) is 0 Å². The zero-order valence-electron chi connectivity index (χ0n) is 22.7. The quantitative estimate of drug-likeness (QED) is 0.145. The fraction of sp³-hybridized carbons (Fsp3) is 0.500. The van der Waals surface area contributed by atoms with E-state index in [0.29, 0.717) is 22.3 Å². The minimum Gasteiger partial charge on any atom is -0.485 e. The molecule has 4 rings (SSSR count). The van der Waals surface area contributed by atoms with Crippen molar-refractivity contribution in [3.05, 3.63) is 76.5 Å². The molecule has 3 heteroatoms. The molecular formula is C34H44O3. The Morgan fingerprint density at radius 3 is 2.03 bits per heavy atom. The number of hydrogen-bond donors (Lipinski definition) is 0. The van der Waals surface area contributed by atoms with Gasteiger partial charge in [0.15, 0.2) is 5.43 Å². The van der Waals surface area contributed by atoms with Crippen molar-refractivity contribution in [1.29, 1.82) is 0 Å². The lowest BCUT2D eigenvalue weighted by molar-refractivity contribution is 0.182. The van der Waals surface area contributed by atoms with Crippen LogP contribution in [0.25, 0.3) is 22.3 Å². The van der Waals surface area contributed by atoms with Gasteiger partial charge in [-0.05, 0) is 56.9 Å². The van der Waals surface area contributed by atoms with Gasteiger partial charge in [-0.2, -0.15) is 0 Å². The summed E-state index contributed by atoms with van der Waals surface area (Å²) in [5, 5.41) is 0.638. The topological polar surface area (TPSA) is 39.4 Å². The van der Waals surface area contributed by atoms with Gasteiger partial charge in [-0.3, -0.25) is 4.79 Å². The summed E-state index contributed by atoms with van der Waals surface area (Å²) in [7, 11) is 0. The molecule has 0 aliphatic carbocycles. The first-order valence-electron chi connectivity index (χ1n) is 14.7. The number of allylic oxidation sites excluding steroid dienone is 2.